The van der Waals surface area contributed by atoms with Crippen LogP contribution in [0.4, 0.5) is 10.1 Å². The fourth-order valence-corrected chi connectivity index (χ4v) is 2.61. The third-order valence-corrected chi connectivity index (χ3v) is 3.91. The summed E-state index contributed by atoms with van der Waals surface area (Å²) in [4.78, 5) is 10.8. The Bertz CT molecular complexity index is 581. The van der Waals surface area contributed by atoms with Crippen LogP contribution in [0.1, 0.15) is 13.3 Å². The molecule has 6 nitrogen and oxygen atoms in total. The predicted octanol–water partition coefficient (Wildman–Crippen LogP) is 1.09. The van der Waals surface area contributed by atoms with Crippen molar-refractivity contribution in [2.45, 2.75) is 18.2 Å². The van der Waals surface area contributed by atoms with Crippen molar-refractivity contribution in [2.24, 2.45) is 0 Å². The second-order valence-electron chi connectivity index (χ2n) is 4.18. The maximum atomic E-state index is 13.4. The molecule has 0 aliphatic rings. The van der Waals surface area contributed by atoms with Crippen molar-refractivity contribution >= 4 is 34.0 Å². The molecule has 0 atom stereocenters. The molecule has 3 N–H and O–H groups in total. The van der Waals surface area contributed by atoms with Crippen molar-refractivity contribution in [1.82, 2.24) is 10.0 Å². The van der Waals surface area contributed by atoms with Gasteiger partial charge in [0.05, 0.1) is 10.6 Å². The second-order valence-corrected chi connectivity index (χ2v) is 5.94. The molecule has 0 saturated heterocycles. The van der Waals surface area contributed by atoms with E-state index in [1.807, 2.05) is 0 Å². The largest absolute Gasteiger partial charge is 0.324 e. The summed E-state index contributed by atoms with van der Waals surface area (Å²) in [5, 5.41) is 5.15. The number of amides is 1. The van der Waals surface area contributed by atoms with Crippen molar-refractivity contribution in [3.05, 3.63) is 24.0 Å². The first-order valence-electron chi connectivity index (χ1n) is 6.08. The van der Waals surface area contributed by atoms with Crippen LogP contribution < -0.4 is 15.4 Å². The summed E-state index contributed by atoms with van der Waals surface area (Å²) >= 11 is 0. The minimum atomic E-state index is -3.71. The van der Waals surface area contributed by atoms with E-state index in [0.29, 0.717) is 13.0 Å². The molecule has 0 radical (unpaired) electrons. The van der Waals surface area contributed by atoms with Gasteiger partial charge in [-0.05, 0) is 38.2 Å². The number of carbonyl (C=O) groups excluding carboxylic acids is 1. The van der Waals surface area contributed by atoms with E-state index in [4.69, 9.17) is 0 Å². The molecule has 0 unspecified atom stereocenters. The minimum Gasteiger partial charge on any atom is -0.324 e. The monoisotopic (exact) mass is 339 g/mol. The average molecular weight is 340 g/mol. The van der Waals surface area contributed by atoms with Gasteiger partial charge >= 0.3 is 0 Å². The van der Waals surface area contributed by atoms with E-state index < -0.39 is 21.7 Å². The molecule has 0 spiro atoms. The van der Waals surface area contributed by atoms with Gasteiger partial charge in [0.15, 0.2) is 0 Å². The highest BCUT2D eigenvalue weighted by molar-refractivity contribution is 7.89. The number of hydrogen-bond donors (Lipinski definition) is 3. The van der Waals surface area contributed by atoms with E-state index in [1.54, 1.807) is 7.05 Å². The third kappa shape index (κ3) is 6.38. The fraction of sp³-hybridized carbons (Fsp3) is 0.417. The lowest BCUT2D eigenvalue weighted by Crippen LogP contribution is -2.27. The van der Waals surface area contributed by atoms with Gasteiger partial charge in [-0.25, -0.2) is 17.5 Å². The van der Waals surface area contributed by atoms with Gasteiger partial charge < -0.3 is 10.6 Å². The van der Waals surface area contributed by atoms with Crippen LogP contribution in [0.15, 0.2) is 23.1 Å². The minimum absolute atomic E-state index is 0. The first-order valence-corrected chi connectivity index (χ1v) is 7.56. The van der Waals surface area contributed by atoms with Crippen LogP contribution >= 0.6 is 12.4 Å². The van der Waals surface area contributed by atoms with Gasteiger partial charge in [-0.15, -0.1) is 12.4 Å². The molecule has 0 aliphatic carbocycles. The van der Waals surface area contributed by atoms with E-state index in [-0.39, 0.29) is 29.5 Å². The zero-order valence-electron chi connectivity index (χ0n) is 11.8. The average Bonchev–Trinajstić information content (AvgIpc) is 2.36. The Morgan fingerprint density at radius 2 is 1.95 bits per heavy atom. The van der Waals surface area contributed by atoms with Crippen LogP contribution in [0.2, 0.25) is 0 Å². The van der Waals surface area contributed by atoms with Crippen molar-refractivity contribution in [2.75, 3.05) is 25.5 Å². The van der Waals surface area contributed by atoms with Crippen molar-refractivity contribution in [1.29, 1.82) is 0 Å². The Morgan fingerprint density at radius 1 is 1.29 bits per heavy atom. The molecule has 1 aromatic rings. The van der Waals surface area contributed by atoms with Gasteiger partial charge in [0.2, 0.25) is 15.9 Å². The SMILES string of the molecule is CNCCCNS(=O)(=O)c1ccc(F)c(NC(C)=O)c1.Cl. The van der Waals surface area contributed by atoms with E-state index in [0.717, 1.165) is 18.2 Å². The number of hydrogen-bond acceptors (Lipinski definition) is 4. The molecule has 21 heavy (non-hydrogen) atoms. The predicted molar refractivity (Wildman–Crippen MR) is 81.7 cm³/mol. The van der Waals surface area contributed by atoms with E-state index in [2.05, 4.69) is 15.4 Å². The summed E-state index contributed by atoms with van der Waals surface area (Å²) in [5.74, 6) is -1.16. The van der Waals surface area contributed by atoms with E-state index >= 15 is 0 Å². The number of rotatable bonds is 7. The van der Waals surface area contributed by atoms with Gasteiger partial charge in [-0.2, -0.15) is 0 Å². The van der Waals surface area contributed by atoms with Crippen LogP contribution in [0.3, 0.4) is 0 Å². The van der Waals surface area contributed by atoms with Crippen molar-refractivity contribution < 1.29 is 17.6 Å². The molecule has 0 fully saturated rings. The fourth-order valence-electron chi connectivity index (χ4n) is 1.51. The molecule has 0 aliphatic heterocycles. The number of halogens is 2. The molecule has 1 aromatic carbocycles. The highest BCUT2D eigenvalue weighted by atomic mass is 35.5. The zero-order valence-corrected chi connectivity index (χ0v) is 13.4. The molecule has 0 saturated carbocycles. The lowest BCUT2D eigenvalue weighted by atomic mass is 10.3. The van der Waals surface area contributed by atoms with Crippen LogP contribution in [0.5, 0.6) is 0 Å². The molecule has 0 bridgehead atoms. The second kappa shape index (κ2) is 8.93. The number of anilines is 1. The molecular weight excluding hydrogens is 321 g/mol. The number of nitrogens with one attached hydrogen (secondary N) is 3. The summed E-state index contributed by atoms with van der Waals surface area (Å²) in [5.41, 5.74) is -0.157. The number of carbonyl (C=O) groups is 1. The van der Waals surface area contributed by atoms with Gasteiger partial charge in [0.1, 0.15) is 5.82 Å². The smallest absolute Gasteiger partial charge is 0.240 e. The quantitative estimate of drug-likeness (QED) is 0.649. The molecule has 0 heterocycles. The molecule has 1 amide bonds. The summed E-state index contributed by atoms with van der Waals surface area (Å²) in [6.45, 7) is 2.18. The molecule has 9 heteroatoms. The Balaban J connectivity index is 0.00000400. The zero-order chi connectivity index (χ0) is 15.2. The molecule has 0 aromatic heterocycles. The number of benzene rings is 1. The summed E-state index contributed by atoms with van der Waals surface area (Å²) in [6.07, 6.45) is 0.634. The first-order chi connectivity index (χ1) is 9.36. The first kappa shape index (κ1) is 19.8. The van der Waals surface area contributed by atoms with Crippen LogP contribution in [-0.4, -0.2) is 34.5 Å². The highest BCUT2D eigenvalue weighted by Gasteiger charge is 2.16. The van der Waals surface area contributed by atoms with Gasteiger partial charge in [-0.3, -0.25) is 4.79 Å². The third-order valence-electron chi connectivity index (χ3n) is 2.45. The Labute approximate surface area is 130 Å². The highest BCUT2D eigenvalue weighted by Crippen LogP contribution is 2.19. The maximum Gasteiger partial charge on any atom is 0.240 e. The van der Waals surface area contributed by atoms with Crippen LogP contribution in [0.25, 0.3) is 0 Å². The standard InChI is InChI=1S/C12H18FN3O3S.ClH/c1-9(17)16-12-8-10(4-5-11(12)13)20(18,19)15-7-3-6-14-2;/h4-5,8,14-15H,3,6-7H2,1-2H3,(H,16,17);1H. The Kier molecular flexibility index (Phi) is 8.41. The van der Waals surface area contributed by atoms with Gasteiger partial charge in [0, 0.05) is 13.5 Å². The number of sulfonamides is 1. The summed E-state index contributed by atoms with van der Waals surface area (Å²) < 4.78 is 39.8. The topological polar surface area (TPSA) is 87.3 Å². The molecule has 1 rings (SSSR count). The van der Waals surface area contributed by atoms with Gasteiger partial charge in [0.25, 0.3) is 0 Å². The Morgan fingerprint density at radius 3 is 2.52 bits per heavy atom. The van der Waals surface area contributed by atoms with Gasteiger partial charge in [-0.1, -0.05) is 0 Å². The normalized spacial score (nSPS) is 10.8. The lowest BCUT2D eigenvalue weighted by molar-refractivity contribution is -0.114. The van der Waals surface area contributed by atoms with E-state index in [1.165, 1.54) is 6.92 Å². The molecule has 120 valence electrons. The summed E-state index contributed by atoms with van der Waals surface area (Å²) in [6, 6.07) is 3.26. The Hall–Kier alpha value is -1.22. The van der Waals surface area contributed by atoms with Crippen LogP contribution in [0, 0.1) is 5.82 Å². The van der Waals surface area contributed by atoms with Crippen LogP contribution in [-0.2, 0) is 14.8 Å². The maximum absolute atomic E-state index is 13.4. The molecular formula is C12H19ClFN3O3S. The van der Waals surface area contributed by atoms with E-state index in [9.17, 15) is 17.6 Å². The van der Waals surface area contributed by atoms with Crippen molar-refractivity contribution in [3.8, 4) is 0 Å². The summed E-state index contributed by atoms with van der Waals surface area (Å²) in [7, 11) is -1.94. The van der Waals surface area contributed by atoms with Crippen molar-refractivity contribution in [3.63, 3.8) is 0 Å². The lowest BCUT2D eigenvalue weighted by Gasteiger charge is -2.09.